The summed E-state index contributed by atoms with van der Waals surface area (Å²) in [5, 5.41) is 0. The van der Waals surface area contributed by atoms with Gasteiger partial charge >= 0.3 is 0 Å². The van der Waals surface area contributed by atoms with E-state index in [0.29, 0.717) is 29.6 Å². The topological polar surface area (TPSA) is 62.3 Å². The van der Waals surface area contributed by atoms with Crippen molar-refractivity contribution in [3.63, 3.8) is 0 Å². The Bertz CT molecular complexity index is 749. The lowest BCUT2D eigenvalue weighted by molar-refractivity contribution is -0.134. The molecule has 2 atom stereocenters. The minimum atomic E-state index is -0.353. The molecule has 3 heterocycles. The van der Waals surface area contributed by atoms with Crippen LogP contribution in [0.5, 0.6) is 11.5 Å². The van der Waals surface area contributed by atoms with E-state index in [-0.39, 0.29) is 24.6 Å². The second-order valence-electron chi connectivity index (χ2n) is 7.67. The predicted octanol–water partition coefficient (Wildman–Crippen LogP) is 1.96. The predicted molar refractivity (Wildman–Crippen MR) is 105 cm³/mol. The van der Waals surface area contributed by atoms with Crippen LogP contribution in [0.4, 0.5) is 0 Å². The standard InChI is InChI=1S/C21H29N3O4/c1-3-22(4-2)16-9-11-23(13-16)21(26)17-6-5-10-24(17)20(25)15-7-8-18-19(12-15)28-14-27-18/h7-8,12,16-17H,3-6,9-11,13-14H2,1-2H3. The van der Waals surface area contributed by atoms with Crippen LogP contribution in [0.25, 0.3) is 0 Å². The Morgan fingerprint density at radius 1 is 1.11 bits per heavy atom. The van der Waals surface area contributed by atoms with Crippen LogP contribution in [-0.4, -0.2) is 78.1 Å². The summed E-state index contributed by atoms with van der Waals surface area (Å²) in [6.45, 7) is 8.68. The first-order valence-corrected chi connectivity index (χ1v) is 10.4. The molecule has 4 rings (SSSR count). The van der Waals surface area contributed by atoms with Crippen LogP contribution >= 0.6 is 0 Å². The molecule has 2 fully saturated rings. The van der Waals surface area contributed by atoms with E-state index in [0.717, 1.165) is 45.4 Å². The maximum atomic E-state index is 13.2. The van der Waals surface area contributed by atoms with Crippen molar-refractivity contribution in [1.29, 1.82) is 0 Å². The molecule has 1 aromatic carbocycles. The van der Waals surface area contributed by atoms with E-state index >= 15 is 0 Å². The van der Waals surface area contributed by atoms with E-state index < -0.39 is 0 Å². The molecule has 0 N–H and O–H groups in total. The Morgan fingerprint density at radius 2 is 1.89 bits per heavy atom. The van der Waals surface area contributed by atoms with Gasteiger partial charge in [0, 0.05) is 31.2 Å². The molecule has 0 spiro atoms. The quantitative estimate of drug-likeness (QED) is 0.773. The van der Waals surface area contributed by atoms with E-state index in [1.54, 1.807) is 23.1 Å². The zero-order valence-corrected chi connectivity index (χ0v) is 16.7. The van der Waals surface area contributed by atoms with E-state index in [1.165, 1.54) is 0 Å². The average Bonchev–Trinajstić information content (AvgIpc) is 3.47. The number of benzene rings is 1. The van der Waals surface area contributed by atoms with Crippen LogP contribution in [0.3, 0.4) is 0 Å². The molecule has 2 unspecified atom stereocenters. The molecule has 2 amide bonds. The van der Waals surface area contributed by atoms with Gasteiger partial charge in [0.2, 0.25) is 12.7 Å². The largest absolute Gasteiger partial charge is 0.454 e. The number of fused-ring (bicyclic) bond motifs is 1. The number of amides is 2. The zero-order chi connectivity index (χ0) is 19.7. The second kappa shape index (κ2) is 7.99. The summed E-state index contributed by atoms with van der Waals surface area (Å²) >= 11 is 0. The molecule has 0 saturated carbocycles. The third kappa shape index (κ3) is 3.43. The van der Waals surface area contributed by atoms with Crippen LogP contribution in [0, 0.1) is 0 Å². The van der Waals surface area contributed by atoms with Gasteiger partial charge in [0.05, 0.1) is 0 Å². The number of carbonyl (C=O) groups excluding carboxylic acids is 2. The van der Waals surface area contributed by atoms with Gasteiger partial charge in [-0.1, -0.05) is 13.8 Å². The number of likely N-dealkylation sites (tertiary alicyclic amines) is 2. The lowest BCUT2D eigenvalue weighted by atomic mass is 10.1. The number of hydrogen-bond donors (Lipinski definition) is 0. The summed E-state index contributed by atoms with van der Waals surface area (Å²) in [5.74, 6) is 1.24. The Labute approximate surface area is 166 Å². The number of hydrogen-bond acceptors (Lipinski definition) is 5. The van der Waals surface area contributed by atoms with E-state index in [1.807, 2.05) is 4.90 Å². The highest BCUT2D eigenvalue weighted by Gasteiger charge is 2.39. The Hall–Kier alpha value is -2.28. The third-order valence-corrected chi connectivity index (χ3v) is 6.22. The summed E-state index contributed by atoms with van der Waals surface area (Å²) in [6, 6.07) is 5.31. The van der Waals surface area contributed by atoms with Gasteiger partial charge in [0.25, 0.3) is 5.91 Å². The maximum absolute atomic E-state index is 13.2. The number of likely N-dealkylation sites (N-methyl/N-ethyl adjacent to an activating group) is 1. The summed E-state index contributed by atoms with van der Waals surface area (Å²) in [7, 11) is 0. The summed E-state index contributed by atoms with van der Waals surface area (Å²) in [5.41, 5.74) is 0.548. The van der Waals surface area contributed by atoms with Crippen molar-refractivity contribution in [2.24, 2.45) is 0 Å². The monoisotopic (exact) mass is 387 g/mol. The van der Waals surface area contributed by atoms with Gasteiger partial charge in [0.1, 0.15) is 6.04 Å². The van der Waals surface area contributed by atoms with Gasteiger partial charge in [0.15, 0.2) is 11.5 Å². The van der Waals surface area contributed by atoms with Crippen molar-refractivity contribution < 1.29 is 19.1 Å². The minimum Gasteiger partial charge on any atom is -0.454 e. The highest BCUT2D eigenvalue weighted by atomic mass is 16.7. The van der Waals surface area contributed by atoms with Crippen LogP contribution in [0.2, 0.25) is 0 Å². The van der Waals surface area contributed by atoms with Crippen molar-refractivity contribution in [2.75, 3.05) is 39.5 Å². The molecular formula is C21H29N3O4. The van der Waals surface area contributed by atoms with Crippen molar-refractivity contribution >= 4 is 11.8 Å². The molecule has 3 aliphatic heterocycles. The van der Waals surface area contributed by atoms with E-state index in [2.05, 4.69) is 18.7 Å². The van der Waals surface area contributed by atoms with Crippen molar-refractivity contribution in [3.05, 3.63) is 23.8 Å². The second-order valence-corrected chi connectivity index (χ2v) is 7.67. The number of rotatable bonds is 5. The minimum absolute atomic E-state index is 0.0984. The first kappa shape index (κ1) is 19.1. The molecule has 1 aromatic rings. The molecule has 0 aromatic heterocycles. The first-order chi connectivity index (χ1) is 13.6. The first-order valence-electron chi connectivity index (χ1n) is 10.4. The molecule has 7 heteroatoms. The van der Waals surface area contributed by atoms with Crippen molar-refractivity contribution in [3.8, 4) is 11.5 Å². The average molecular weight is 387 g/mol. The summed E-state index contributed by atoms with van der Waals surface area (Å²) < 4.78 is 10.7. The normalized spacial score (nSPS) is 23.7. The van der Waals surface area contributed by atoms with Crippen molar-refractivity contribution in [1.82, 2.24) is 14.7 Å². The third-order valence-electron chi connectivity index (χ3n) is 6.22. The molecule has 2 saturated heterocycles. The number of ether oxygens (including phenoxy) is 2. The maximum Gasteiger partial charge on any atom is 0.254 e. The Kier molecular flexibility index (Phi) is 5.44. The lowest BCUT2D eigenvalue weighted by Gasteiger charge is -2.29. The highest BCUT2D eigenvalue weighted by molar-refractivity contribution is 5.98. The molecule has 0 aliphatic carbocycles. The fraction of sp³-hybridized carbons (Fsp3) is 0.619. The van der Waals surface area contributed by atoms with Gasteiger partial charge in [-0.15, -0.1) is 0 Å². The van der Waals surface area contributed by atoms with Crippen LogP contribution in [0.15, 0.2) is 18.2 Å². The van der Waals surface area contributed by atoms with Crippen LogP contribution in [-0.2, 0) is 4.79 Å². The summed E-state index contributed by atoms with van der Waals surface area (Å²) in [4.78, 5) is 32.4. The van der Waals surface area contributed by atoms with Crippen LogP contribution in [0.1, 0.15) is 43.5 Å². The SMILES string of the molecule is CCN(CC)C1CCN(C(=O)C2CCCN2C(=O)c2ccc3c(c2)OCO3)C1. The van der Waals surface area contributed by atoms with Gasteiger partial charge in [-0.2, -0.15) is 0 Å². The number of nitrogens with zero attached hydrogens (tertiary/aromatic N) is 3. The zero-order valence-electron chi connectivity index (χ0n) is 16.7. The molecule has 0 radical (unpaired) electrons. The van der Waals surface area contributed by atoms with Crippen LogP contribution < -0.4 is 9.47 Å². The highest BCUT2D eigenvalue weighted by Crippen LogP contribution is 2.33. The molecule has 3 aliphatic rings. The van der Waals surface area contributed by atoms with E-state index in [4.69, 9.17) is 9.47 Å². The fourth-order valence-corrected chi connectivity index (χ4v) is 4.65. The molecule has 7 nitrogen and oxygen atoms in total. The smallest absolute Gasteiger partial charge is 0.254 e. The van der Waals surface area contributed by atoms with E-state index in [9.17, 15) is 9.59 Å². The molecule has 152 valence electrons. The van der Waals surface area contributed by atoms with Gasteiger partial charge in [-0.3, -0.25) is 14.5 Å². The summed E-state index contributed by atoms with van der Waals surface area (Å²) in [6.07, 6.45) is 2.61. The fourth-order valence-electron chi connectivity index (χ4n) is 4.65. The Balaban J connectivity index is 1.45. The van der Waals surface area contributed by atoms with Crippen molar-refractivity contribution in [2.45, 2.75) is 45.2 Å². The number of carbonyl (C=O) groups is 2. The molecule has 0 bridgehead atoms. The van der Waals surface area contributed by atoms with Gasteiger partial charge in [-0.25, -0.2) is 0 Å². The lowest BCUT2D eigenvalue weighted by Crippen LogP contribution is -2.48. The van der Waals surface area contributed by atoms with Gasteiger partial charge in [-0.05, 0) is 50.6 Å². The molecule has 28 heavy (non-hydrogen) atoms. The Morgan fingerprint density at radius 3 is 2.68 bits per heavy atom. The molecular weight excluding hydrogens is 358 g/mol. The van der Waals surface area contributed by atoms with Gasteiger partial charge < -0.3 is 19.3 Å².